The topological polar surface area (TPSA) is 61.4 Å². The minimum atomic E-state index is -3.27. The molecular weight excluding hydrogens is 250 g/mol. The second-order valence-electron chi connectivity index (χ2n) is 3.99. The zero-order valence-corrected chi connectivity index (χ0v) is 11.5. The Balaban J connectivity index is 0.00000225. The van der Waals surface area contributed by atoms with Gasteiger partial charge in [-0.15, -0.1) is 12.4 Å². The van der Waals surface area contributed by atoms with Gasteiger partial charge in [-0.3, -0.25) is 0 Å². The molecule has 1 aliphatic heterocycles. The lowest BCUT2D eigenvalue weighted by Gasteiger charge is -2.20. The second-order valence-corrected chi connectivity index (χ2v) is 5.80. The second kappa shape index (κ2) is 7.45. The van der Waals surface area contributed by atoms with Crippen molar-refractivity contribution >= 4 is 22.6 Å². The van der Waals surface area contributed by atoms with Crippen LogP contribution in [0.5, 0.6) is 0 Å². The average Bonchev–Trinajstić information content (AvgIpc) is 2.65. The van der Waals surface area contributed by atoms with Gasteiger partial charge in [0.2, 0.25) is 0 Å². The van der Waals surface area contributed by atoms with Crippen LogP contribution in [0.1, 0.15) is 26.2 Å². The quantitative estimate of drug-likeness (QED) is 0.732. The Morgan fingerprint density at radius 1 is 1.50 bits per heavy atom. The van der Waals surface area contributed by atoms with Crippen molar-refractivity contribution < 1.29 is 8.42 Å². The summed E-state index contributed by atoms with van der Waals surface area (Å²) < 4.78 is 27.7. The summed E-state index contributed by atoms with van der Waals surface area (Å²) in [5.74, 6) is 0. The van der Waals surface area contributed by atoms with Crippen LogP contribution < -0.4 is 10.0 Å². The first kappa shape index (κ1) is 16.1. The van der Waals surface area contributed by atoms with Crippen LogP contribution in [0, 0.1) is 0 Å². The molecule has 0 aromatic heterocycles. The summed E-state index contributed by atoms with van der Waals surface area (Å²) in [6.07, 6.45) is 2.78. The molecule has 1 rings (SSSR count). The number of rotatable bonds is 6. The van der Waals surface area contributed by atoms with Gasteiger partial charge >= 0.3 is 0 Å². The first-order valence-electron chi connectivity index (χ1n) is 5.50. The average molecular weight is 272 g/mol. The summed E-state index contributed by atoms with van der Waals surface area (Å²) in [7, 11) is -1.65. The van der Waals surface area contributed by atoms with Crippen LogP contribution in [0.15, 0.2) is 0 Å². The fourth-order valence-electron chi connectivity index (χ4n) is 1.56. The molecule has 1 atom stereocenters. The molecule has 0 aliphatic carbocycles. The van der Waals surface area contributed by atoms with Crippen molar-refractivity contribution in [2.24, 2.45) is 0 Å². The number of hydrogen-bond donors (Lipinski definition) is 2. The molecule has 5 nitrogen and oxygen atoms in total. The van der Waals surface area contributed by atoms with Crippen molar-refractivity contribution in [1.29, 1.82) is 0 Å². The van der Waals surface area contributed by atoms with Crippen LogP contribution in [0.2, 0.25) is 0 Å². The first-order chi connectivity index (χ1) is 7.06. The van der Waals surface area contributed by atoms with Crippen LogP contribution in [-0.2, 0) is 10.2 Å². The monoisotopic (exact) mass is 271 g/mol. The molecule has 1 heterocycles. The van der Waals surface area contributed by atoms with Crippen LogP contribution in [0.25, 0.3) is 0 Å². The van der Waals surface area contributed by atoms with E-state index in [-0.39, 0.29) is 18.4 Å². The van der Waals surface area contributed by atoms with E-state index in [2.05, 4.69) is 17.0 Å². The molecule has 1 aliphatic rings. The maximum absolute atomic E-state index is 11.8. The van der Waals surface area contributed by atoms with E-state index in [0.29, 0.717) is 6.54 Å². The van der Waals surface area contributed by atoms with Crippen LogP contribution in [0.4, 0.5) is 0 Å². The molecule has 0 spiro atoms. The zero-order valence-electron chi connectivity index (χ0n) is 9.90. The van der Waals surface area contributed by atoms with Gasteiger partial charge in [-0.2, -0.15) is 17.4 Å². The van der Waals surface area contributed by atoms with E-state index in [4.69, 9.17) is 0 Å². The van der Waals surface area contributed by atoms with Gasteiger partial charge in [0, 0.05) is 26.2 Å². The lowest BCUT2D eigenvalue weighted by molar-refractivity contribution is 0.440. The fourth-order valence-corrected chi connectivity index (χ4v) is 2.73. The highest BCUT2D eigenvalue weighted by molar-refractivity contribution is 7.87. The van der Waals surface area contributed by atoms with E-state index in [1.807, 2.05) is 0 Å². The van der Waals surface area contributed by atoms with Crippen molar-refractivity contribution in [2.75, 3.05) is 26.7 Å². The number of hydrogen-bond acceptors (Lipinski definition) is 3. The minimum Gasteiger partial charge on any atom is -0.315 e. The Labute approximate surface area is 105 Å². The Kier molecular flexibility index (Phi) is 7.50. The molecule has 2 N–H and O–H groups in total. The summed E-state index contributed by atoms with van der Waals surface area (Å²) in [5, 5.41) is 3.13. The van der Waals surface area contributed by atoms with Gasteiger partial charge in [0.25, 0.3) is 10.2 Å². The summed E-state index contributed by atoms with van der Waals surface area (Å²) >= 11 is 0. The van der Waals surface area contributed by atoms with Gasteiger partial charge in [0.15, 0.2) is 0 Å². The first-order valence-corrected chi connectivity index (χ1v) is 6.94. The summed E-state index contributed by atoms with van der Waals surface area (Å²) in [5.41, 5.74) is 0. The molecular formula is C9H22ClN3O2S. The largest absolute Gasteiger partial charge is 0.315 e. The normalized spacial score (nSPS) is 21.1. The van der Waals surface area contributed by atoms with Crippen molar-refractivity contribution in [1.82, 2.24) is 14.3 Å². The molecule has 7 heteroatoms. The predicted molar refractivity (Wildman–Crippen MR) is 68.1 cm³/mol. The van der Waals surface area contributed by atoms with Gasteiger partial charge in [-0.05, 0) is 19.4 Å². The van der Waals surface area contributed by atoms with Crippen molar-refractivity contribution in [3.8, 4) is 0 Å². The van der Waals surface area contributed by atoms with E-state index in [0.717, 1.165) is 32.4 Å². The molecule has 0 aromatic rings. The lowest BCUT2D eigenvalue weighted by Crippen LogP contribution is -2.44. The molecule has 98 valence electrons. The van der Waals surface area contributed by atoms with Crippen LogP contribution >= 0.6 is 12.4 Å². The summed E-state index contributed by atoms with van der Waals surface area (Å²) in [6, 6.07) is 0.0547. The molecule has 1 fully saturated rings. The SMILES string of the molecule is CCCCN(C)S(=O)(=O)NC1CCNC1.Cl. The Hall–Kier alpha value is 0.120. The highest BCUT2D eigenvalue weighted by atomic mass is 35.5. The van der Waals surface area contributed by atoms with Crippen molar-refractivity contribution in [2.45, 2.75) is 32.2 Å². The highest BCUT2D eigenvalue weighted by Gasteiger charge is 2.23. The molecule has 0 saturated carbocycles. The molecule has 16 heavy (non-hydrogen) atoms. The van der Waals surface area contributed by atoms with Gasteiger partial charge in [-0.25, -0.2) is 0 Å². The van der Waals surface area contributed by atoms with Crippen LogP contribution in [-0.4, -0.2) is 45.4 Å². The molecule has 0 amide bonds. The van der Waals surface area contributed by atoms with E-state index >= 15 is 0 Å². The molecule has 0 aromatic carbocycles. The molecule has 1 unspecified atom stereocenters. The summed E-state index contributed by atoms with van der Waals surface area (Å²) in [6.45, 7) is 4.27. The van der Waals surface area contributed by atoms with Crippen molar-refractivity contribution in [3.05, 3.63) is 0 Å². The van der Waals surface area contributed by atoms with Gasteiger partial charge in [-0.1, -0.05) is 13.3 Å². The predicted octanol–water partition coefficient (Wildman–Crippen LogP) is 0.336. The Morgan fingerprint density at radius 2 is 2.19 bits per heavy atom. The highest BCUT2D eigenvalue weighted by Crippen LogP contribution is 2.03. The fraction of sp³-hybridized carbons (Fsp3) is 1.00. The van der Waals surface area contributed by atoms with Gasteiger partial charge in [0.05, 0.1) is 0 Å². The number of halogens is 1. The maximum Gasteiger partial charge on any atom is 0.279 e. The minimum absolute atomic E-state index is 0. The third kappa shape index (κ3) is 4.97. The third-order valence-corrected chi connectivity index (χ3v) is 4.25. The van der Waals surface area contributed by atoms with E-state index in [1.54, 1.807) is 7.05 Å². The molecule has 0 bridgehead atoms. The Morgan fingerprint density at radius 3 is 2.69 bits per heavy atom. The third-order valence-electron chi connectivity index (χ3n) is 2.61. The standard InChI is InChI=1S/C9H21N3O2S.ClH/c1-3-4-7-12(2)15(13,14)11-9-5-6-10-8-9;/h9-11H,3-8H2,1-2H3;1H. The van der Waals surface area contributed by atoms with Gasteiger partial charge < -0.3 is 5.32 Å². The lowest BCUT2D eigenvalue weighted by atomic mass is 10.3. The van der Waals surface area contributed by atoms with Crippen LogP contribution in [0.3, 0.4) is 0 Å². The Bertz CT molecular complexity index is 278. The summed E-state index contributed by atoms with van der Waals surface area (Å²) in [4.78, 5) is 0. The molecule has 1 saturated heterocycles. The number of unbranched alkanes of at least 4 members (excludes halogenated alkanes) is 1. The van der Waals surface area contributed by atoms with Gasteiger partial charge in [0.1, 0.15) is 0 Å². The van der Waals surface area contributed by atoms with E-state index < -0.39 is 10.2 Å². The van der Waals surface area contributed by atoms with E-state index in [9.17, 15) is 8.42 Å². The van der Waals surface area contributed by atoms with E-state index in [1.165, 1.54) is 4.31 Å². The maximum atomic E-state index is 11.8. The zero-order chi connectivity index (χ0) is 11.3. The number of nitrogens with zero attached hydrogens (tertiary/aromatic N) is 1. The van der Waals surface area contributed by atoms with Crippen molar-refractivity contribution in [3.63, 3.8) is 0 Å². The number of nitrogens with one attached hydrogen (secondary N) is 2. The molecule has 0 radical (unpaired) electrons. The smallest absolute Gasteiger partial charge is 0.279 e.